The van der Waals surface area contributed by atoms with Crippen LogP contribution in [0.15, 0.2) is 136 Å². The highest BCUT2D eigenvalue weighted by Gasteiger charge is 2.31. The number of nitrogens with two attached hydrogens (primary N) is 16. The van der Waals surface area contributed by atoms with E-state index >= 15 is 0 Å². The van der Waals surface area contributed by atoms with Crippen LogP contribution in [0.25, 0.3) is 0 Å². The zero-order valence-electron chi connectivity index (χ0n) is 66.0. The zero-order valence-corrected chi connectivity index (χ0v) is 72.5. The number of rotatable bonds is 12. The summed E-state index contributed by atoms with van der Waals surface area (Å²) >= 11 is 13.5. The van der Waals surface area contributed by atoms with Crippen LogP contribution in [0.3, 0.4) is 0 Å². The Morgan fingerprint density at radius 3 is 0.948 bits per heavy atom. The number of benzene rings is 8. The van der Waals surface area contributed by atoms with Gasteiger partial charge in [-0.1, -0.05) is 47.0 Å². The third kappa shape index (κ3) is 24.4. The number of methoxy groups -OCH3 is 1. The van der Waals surface area contributed by atoms with Gasteiger partial charge in [-0.2, -0.15) is 0 Å². The van der Waals surface area contributed by atoms with Gasteiger partial charge in [0.2, 0.25) is 18.9 Å². The van der Waals surface area contributed by atoms with Crippen LogP contribution >= 0.6 is 94.1 Å². The Morgan fingerprint density at radius 1 is 0.304 bits per heavy atom. The molecule has 0 fully saturated rings. The fourth-order valence-electron chi connectivity index (χ4n) is 11.7. The fraction of sp³-hybridized carbons (Fsp3) is 0.400. The summed E-state index contributed by atoms with van der Waals surface area (Å²) in [6, 6.07) is 28.8. The molecule has 0 saturated carbocycles. The summed E-state index contributed by atoms with van der Waals surface area (Å²) in [4.78, 5) is 7.74. The van der Waals surface area contributed by atoms with Gasteiger partial charge >= 0.3 is 0 Å². The molecule has 8 aliphatic rings. The van der Waals surface area contributed by atoms with Crippen LogP contribution in [0, 0.1) is 0 Å². The van der Waals surface area contributed by atoms with Crippen molar-refractivity contribution >= 4 is 185 Å². The van der Waals surface area contributed by atoms with Gasteiger partial charge in [-0.15, -0.1) is 94.1 Å². The van der Waals surface area contributed by atoms with Crippen LogP contribution in [0.5, 0.6) is 46.0 Å². The maximum absolute atomic E-state index is 5.92. The van der Waals surface area contributed by atoms with Gasteiger partial charge in [-0.25, -0.2) is 0 Å². The molecule has 0 saturated heterocycles. The number of nitrogen functional groups attached to an aromatic ring is 16. The minimum absolute atomic E-state index is 0.210. The van der Waals surface area contributed by atoms with Crippen LogP contribution in [0.1, 0.15) is 86.5 Å². The lowest BCUT2D eigenvalue weighted by molar-refractivity contribution is -0.0658. The molecule has 0 aliphatic carbocycles. The first kappa shape index (κ1) is 90.6. The molecular weight excluding hydrogens is 1620 g/mol. The van der Waals surface area contributed by atoms with E-state index in [4.69, 9.17) is 144 Å². The summed E-state index contributed by atoms with van der Waals surface area (Å²) < 4.78 is 61.5. The molecule has 35 heteroatoms. The molecule has 7 unspecified atom stereocenters. The molecule has 0 bridgehead atoms. The van der Waals surface area contributed by atoms with Gasteiger partial charge in [0.15, 0.2) is 46.0 Å². The monoisotopic (exact) mass is 1730 g/mol. The van der Waals surface area contributed by atoms with E-state index in [1.807, 2.05) is 56.3 Å². The van der Waals surface area contributed by atoms with Crippen molar-refractivity contribution in [1.82, 2.24) is 0 Å². The van der Waals surface area contributed by atoms with Crippen LogP contribution in [0.4, 0.5) is 91.0 Å². The molecule has 32 N–H and O–H groups in total. The topological polar surface area (TPSA) is 518 Å². The molecule has 8 aliphatic heterocycles. The van der Waals surface area contributed by atoms with Gasteiger partial charge in [-0.05, 0) is 137 Å². The van der Waals surface area contributed by atoms with Crippen molar-refractivity contribution in [2.24, 2.45) is 0 Å². The lowest BCUT2D eigenvalue weighted by atomic mass is 10.2. The molecule has 0 radical (unpaired) electrons. The summed E-state index contributed by atoms with van der Waals surface area (Å²) in [5.41, 5.74) is 104. The Bertz CT molecular complexity index is 4310. The van der Waals surface area contributed by atoms with Crippen LogP contribution in [-0.4, -0.2) is 116 Å². The number of ether oxygens (including phenoxy) is 11. The fourth-order valence-corrected chi connectivity index (χ4v) is 20.1. The zero-order chi connectivity index (χ0) is 83.0. The van der Waals surface area contributed by atoms with Crippen molar-refractivity contribution in [2.45, 2.75) is 169 Å². The molecule has 115 heavy (non-hydrogen) atoms. The molecular formula is C80H112N16O11S8. The van der Waals surface area contributed by atoms with E-state index in [0.717, 1.165) is 174 Å². The van der Waals surface area contributed by atoms with Gasteiger partial charge in [-0.3, -0.25) is 0 Å². The number of fused-ring (bicyclic) bond motifs is 8. The van der Waals surface area contributed by atoms with Crippen molar-refractivity contribution in [3.05, 3.63) is 97.1 Å². The van der Waals surface area contributed by atoms with Gasteiger partial charge in [0, 0.05) is 88.0 Å². The van der Waals surface area contributed by atoms with E-state index in [0.29, 0.717) is 99.6 Å². The number of unbranched alkanes of at least 4 members (excludes halogenated alkanes) is 1. The molecule has 16 rings (SSSR count). The highest BCUT2D eigenvalue weighted by Crippen LogP contribution is 2.51. The van der Waals surface area contributed by atoms with Crippen molar-refractivity contribution < 1.29 is 52.1 Å². The van der Waals surface area contributed by atoms with E-state index < -0.39 is 0 Å². The highest BCUT2D eigenvalue weighted by molar-refractivity contribution is 8.01. The Kier molecular flexibility index (Phi) is 34.9. The van der Waals surface area contributed by atoms with Gasteiger partial charge < -0.3 is 144 Å². The summed E-state index contributed by atoms with van der Waals surface area (Å²) in [7, 11) is 1.61. The lowest BCUT2D eigenvalue weighted by Crippen LogP contribution is -2.27. The van der Waals surface area contributed by atoms with Gasteiger partial charge in [0.05, 0.1) is 115 Å². The molecule has 8 aromatic carbocycles. The van der Waals surface area contributed by atoms with E-state index in [1.54, 1.807) is 156 Å². The summed E-state index contributed by atoms with van der Waals surface area (Å²) in [5, 5.41) is 0. The second-order valence-corrected chi connectivity index (χ2v) is 35.1. The number of hydrogen-bond donors (Lipinski definition) is 16. The minimum Gasteiger partial charge on any atom is -0.489 e. The largest absolute Gasteiger partial charge is 0.489 e. The third-order valence-electron chi connectivity index (χ3n) is 17.7. The SMILES string of the molecule is CC1CSc2c(N)ccc(N)c2O1.CCC1CSc2c(N)ccc(N)c2O1.CCCC1CSc2c(N)ccc(N)c2O1.CCCCC1CSc2c(N)ccc(N)c2O1.CCCOC1CSc2c(N)ccc(N)c2O1.CCOC1CSc2c(N)ccc(N)c2O1.COC1CSc2c(N)ccc(N)c2O1.Nc1ccc(N)c2c1OCCS2. The summed E-state index contributed by atoms with van der Waals surface area (Å²) in [6.07, 6.45) is 8.00. The third-order valence-corrected chi connectivity index (χ3v) is 27.4. The molecule has 7 atom stereocenters. The first-order chi connectivity index (χ1) is 55.3. The van der Waals surface area contributed by atoms with E-state index in [9.17, 15) is 0 Å². The predicted molar refractivity (Wildman–Crippen MR) is 490 cm³/mol. The Morgan fingerprint density at radius 2 is 0.600 bits per heavy atom. The van der Waals surface area contributed by atoms with Gasteiger partial charge in [0.1, 0.15) is 24.4 Å². The maximum Gasteiger partial charge on any atom is 0.209 e. The molecule has 27 nitrogen and oxygen atoms in total. The number of thioether (sulfide) groups is 8. The van der Waals surface area contributed by atoms with Gasteiger partial charge in [0.25, 0.3) is 0 Å². The molecule has 0 aromatic heterocycles. The van der Waals surface area contributed by atoms with Crippen molar-refractivity contribution in [1.29, 1.82) is 0 Å². The first-order valence-corrected chi connectivity index (χ1v) is 45.7. The first-order valence-electron chi connectivity index (χ1n) is 37.8. The van der Waals surface area contributed by atoms with E-state index in [2.05, 4.69) is 27.7 Å². The molecule has 8 heterocycles. The summed E-state index contributed by atoms with van der Waals surface area (Å²) in [5.74, 6) is 12.8. The average molecular weight is 1730 g/mol. The minimum atomic E-state index is -0.239. The molecule has 0 amide bonds. The smallest absolute Gasteiger partial charge is 0.209 e. The number of hydrogen-bond acceptors (Lipinski definition) is 35. The average Bonchev–Trinajstić information content (AvgIpc) is 0.823. The Labute approximate surface area is 708 Å². The van der Waals surface area contributed by atoms with E-state index in [1.165, 1.54) is 12.8 Å². The second kappa shape index (κ2) is 44.3. The van der Waals surface area contributed by atoms with Crippen molar-refractivity contribution in [3.63, 3.8) is 0 Å². The lowest BCUT2D eigenvalue weighted by Gasteiger charge is -2.27. The Hall–Kier alpha value is -8.36. The highest BCUT2D eigenvalue weighted by atomic mass is 32.2. The second-order valence-electron chi connectivity index (χ2n) is 26.8. The summed E-state index contributed by atoms with van der Waals surface area (Å²) in [6.45, 7) is 14.5. The Balaban J connectivity index is 0.000000151. The van der Waals surface area contributed by atoms with E-state index in [-0.39, 0.29) is 43.3 Å². The molecule has 8 aromatic rings. The normalized spacial score (nSPS) is 19.1. The quantitative estimate of drug-likeness (QED) is 0.0505. The molecule has 0 spiro atoms. The van der Waals surface area contributed by atoms with Crippen LogP contribution in [-0.2, 0) is 14.2 Å². The van der Waals surface area contributed by atoms with Crippen molar-refractivity contribution in [3.8, 4) is 46.0 Å². The van der Waals surface area contributed by atoms with Crippen LogP contribution < -0.4 is 130 Å². The standard InChI is InChI=1S/C12H18N2OS.C11H16N2O2S.C11H16N2OS.C10H14N2O2S.C10H14N2OS.C9H12N2O2S.C9H12N2OS.C8H10N2OS/c1-2-3-4-8-7-16-12-10(14)6-5-9(13)11(12)15-8;1-2-5-14-9-6-16-11-8(13)4-3-7(12)10(11)15-9;1-2-3-7-6-15-11-9(13)5-4-8(12)10(11)14-7;1-2-13-8-5-15-10-7(12)4-3-6(11)9(10)14-8;1-2-6-5-14-10-8(12)4-3-7(11)9(10)13-6;1-12-7-4-14-9-6(11)3-2-5(10)8(9)13-7;1-5-4-13-9-7(11)3-2-6(10)8(9)12-5;9-5-1-2-6(10)8-7(5)11-3-4-12-8/h5-6,8H,2-4,7,13-14H2,1H3;3-4,9H,2,5-6,12-13H2,1H3;4-5,7H,2-3,6,12-13H2,1H3;3-4,8H,2,5,11-12H2,1H3;3-4,6H,2,5,11-12H2,1H3;2-3,7H,4,10-11H2,1H3;2-3,5H,4,10-11H2,1H3;1-2H,3-4,9-10H2. The maximum atomic E-state index is 5.92. The molecule has 626 valence electrons. The number of anilines is 16. The van der Waals surface area contributed by atoms with Crippen LogP contribution in [0.2, 0.25) is 0 Å². The predicted octanol–water partition coefficient (Wildman–Crippen LogP) is 15.7. The van der Waals surface area contributed by atoms with Crippen molar-refractivity contribution in [2.75, 3.05) is 165 Å².